The van der Waals surface area contributed by atoms with Crippen LogP contribution in [-0.2, 0) is 0 Å². The molecule has 1 heteroatoms. The Labute approximate surface area is 104 Å². The van der Waals surface area contributed by atoms with Gasteiger partial charge in [-0.05, 0) is 16.7 Å². The summed E-state index contributed by atoms with van der Waals surface area (Å²) in [5, 5.41) is 0. The summed E-state index contributed by atoms with van der Waals surface area (Å²) in [6.07, 6.45) is 2.18. The summed E-state index contributed by atoms with van der Waals surface area (Å²) in [7, 11) is 0. The normalized spacial score (nSPS) is 10.7. The molecule has 0 aliphatic rings. The van der Waals surface area contributed by atoms with Crippen molar-refractivity contribution in [1.82, 2.24) is 0 Å². The number of rotatable bonds is 3. The molecular formula is C16H17B. The minimum absolute atomic E-state index is 0.601. The molecule has 0 nitrogen and oxygen atoms in total. The highest BCUT2D eigenvalue weighted by Crippen LogP contribution is 2.19. The van der Waals surface area contributed by atoms with Gasteiger partial charge in [0.25, 0.3) is 0 Å². The first-order chi connectivity index (χ1) is 8.25. The van der Waals surface area contributed by atoms with Gasteiger partial charge in [-0.3, -0.25) is 0 Å². The Bertz CT molecular complexity index is 481. The van der Waals surface area contributed by atoms with E-state index in [4.69, 9.17) is 0 Å². The molecule has 0 radical (unpaired) electrons. The van der Waals surface area contributed by atoms with Gasteiger partial charge in [0.2, 0.25) is 0 Å². The molecule has 0 amide bonds. The summed E-state index contributed by atoms with van der Waals surface area (Å²) in [5.74, 6) is 2.22. The maximum Gasteiger partial charge on any atom is 0.160 e. The third kappa shape index (κ3) is 3.35. The minimum Gasteiger partial charge on any atom is -0.115 e. The van der Waals surface area contributed by atoms with Gasteiger partial charge in [-0.1, -0.05) is 74.3 Å². The molecule has 0 aliphatic heterocycles. The summed E-state index contributed by atoms with van der Waals surface area (Å²) in [4.78, 5) is 0. The SMILES string of the molecule is CB(C)/C=C/c1ccc(-c2ccccc2)cc1. The van der Waals surface area contributed by atoms with Crippen LogP contribution in [-0.4, -0.2) is 6.71 Å². The first kappa shape index (κ1) is 11.7. The smallest absolute Gasteiger partial charge is 0.115 e. The molecule has 84 valence electrons. The van der Waals surface area contributed by atoms with Gasteiger partial charge in [-0.2, -0.15) is 0 Å². The standard InChI is InChI=1S/C16H17B/c1-17(2)13-12-14-8-10-16(11-9-14)15-6-4-3-5-7-15/h3-13H,1-2H3/b13-12+. The molecule has 17 heavy (non-hydrogen) atoms. The van der Waals surface area contributed by atoms with Gasteiger partial charge >= 0.3 is 0 Å². The quantitative estimate of drug-likeness (QED) is 0.660. The molecule has 0 aliphatic carbocycles. The second kappa shape index (κ2) is 5.54. The van der Waals surface area contributed by atoms with E-state index in [0.717, 1.165) is 0 Å². The summed E-state index contributed by atoms with van der Waals surface area (Å²) in [6.45, 7) is 4.98. The maximum absolute atomic E-state index is 2.22. The maximum atomic E-state index is 2.22. The first-order valence-electron chi connectivity index (χ1n) is 6.09. The molecule has 2 rings (SSSR count). The van der Waals surface area contributed by atoms with Crippen molar-refractivity contribution in [1.29, 1.82) is 0 Å². The first-order valence-corrected chi connectivity index (χ1v) is 6.09. The van der Waals surface area contributed by atoms with Crippen LogP contribution in [0.3, 0.4) is 0 Å². The molecular weight excluding hydrogens is 203 g/mol. The van der Waals surface area contributed by atoms with Crippen molar-refractivity contribution >= 4 is 12.8 Å². The number of benzene rings is 2. The fraction of sp³-hybridized carbons (Fsp3) is 0.125. The number of hydrogen-bond acceptors (Lipinski definition) is 0. The lowest BCUT2D eigenvalue weighted by Gasteiger charge is -2.01. The van der Waals surface area contributed by atoms with Crippen molar-refractivity contribution in [2.45, 2.75) is 13.6 Å². The Morgan fingerprint density at radius 3 is 1.94 bits per heavy atom. The van der Waals surface area contributed by atoms with Crippen LogP contribution in [0.15, 0.2) is 60.6 Å². The van der Waals surface area contributed by atoms with Crippen molar-refractivity contribution in [2.75, 3.05) is 0 Å². The molecule has 0 atom stereocenters. The lowest BCUT2D eigenvalue weighted by Crippen LogP contribution is -1.91. The van der Waals surface area contributed by atoms with Crippen LogP contribution < -0.4 is 0 Å². The molecule has 0 N–H and O–H groups in total. The monoisotopic (exact) mass is 220 g/mol. The van der Waals surface area contributed by atoms with E-state index in [1.807, 2.05) is 6.07 Å². The van der Waals surface area contributed by atoms with Gasteiger partial charge in [0, 0.05) is 0 Å². The van der Waals surface area contributed by atoms with Gasteiger partial charge < -0.3 is 0 Å². The average Bonchev–Trinajstić information content (AvgIpc) is 2.38. The highest BCUT2D eigenvalue weighted by molar-refractivity contribution is 6.62. The van der Waals surface area contributed by atoms with E-state index in [9.17, 15) is 0 Å². The second-order valence-electron chi connectivity index (χ2n) is 4.59. The van der Waals surface area contributed by atoms with Gasteiger partial charge in [0.15, 0.2) is 6.71 Å². The van der Waals surface area contributed by atoms with Crippen LogP contribution in [0.2, 0.25) is 13.6 Å². The molecule has 0 fully saturated rings. The van der Waals surface area contributed by atoms with Crippen molar-refractivity contribution in [3.63, 3.8) is 0 Å². The van der Waals surface area contributed by atoms with Crippen LogP contribution in [0.4, 0.5) is 0 Å². The highest BCUT2D eigenvalue weighted by Gasteiger charge is 1.96. The molecule has 0 aromatic heterocycles. The minimum atomic E-state index is 0.601. The summed E-state index contributed by atoms with van der Waals surface area (Å²) in [6, 6.07) is 19.2. The highest BCUT2D eigenvalue weighted by atomic mass is 14.0. The molecule has 0 saturated carbocycles. The Morgan fingerprint density at radius 1 is 0.765 bits per heavy atom. The molecule has 0 unspecified atom stereocenters. The summed E-state index contributed by atoms with van der Waals surface area (Å²) in [5.41, 5.74) is 3.80. The Balaban J connectivity index is 2.19. The lowest BCUT2D eigenvalue weighted by molar-refractivity contribution is 1.60. The summed E-state index contributed by atoms with van der Waals surface area (Å²) >= 11 is 0. The lowest BCUT2D eigenvalue weighted by atomic mass is 9.55. The molecule has 2 aromatic rings. The molecule has 0 heterocycles. The zero-order valence-electron chi connectivity index (χ0n) is 10.4. The van der Waals surface area contributed by atoms with Crippen LogP contribution in [0.5, 0.6) is 0 Å². The van der Waals surface area contributed by atoms with E-state index < -0.39 is 0 Å². The van der Waals surface area contributed by atoms with Crippen molar-refractivity contribution < 1.29 is 0 Å². The van der Waals surface area contributed by atoms with Crippen molar-refractivity contribution in [3.8, 4) is 11.1 Å². The van der Waals surface area contributed by atoms with Crippen LogP contribution >= 0.6 is 0 Å². The van der Waals surface area contributed by atoms with E-state index in [1.165, 1.54) is 16.7 Å². The van der Waals surface area contributed by atoms with Crippen LogP contribution in [0.25, 0.3) is 17.2 Å². The van der Waals surface area contributed by atoms with Gasteiger partial charge in [0.1, 0.15) is 0 Å². The molecule has 0 saturated heterocycles. The Morgan fingerprint density at radius 2 is 1.35 bits per heavy atom. The van der Waals surface area contributed by atoms with Gasteiger partial charge in [-0.25, -0.2) is 0 Å². The second-order valence-corrected chi connectivity index (χ2v) is 4.59. The fourth-order valence-corrected chi connectivity index (χ4v) is 1.72. The molecule has 0 bridgehead atoms. The third-order valence-corrected chi connectivity index (χ3v) is 2.69. The summed E-state index contributed by atoms with van der Waals surface area (Å²) < 4.78 is 0. The van der Waals surface area contributed by atoms with E-state index in [-0.39, 0.29) is 0 Å². The third-order valence-electron chi connectivity index (χ3n) is 2.69. The zero-order chi connectivity index (χ0) is 12.1. The van der Waals surface area contributed by atoms with E-state index in [2.05, 4.69) is 74.2 Å². The topological polar surface area (TPSA) is 0 Å². The van der Waals surface area contributed by atoms with E-state index in [1.54, 1.807) is 0 Å². The van der Waals surface area contributed by atoms with Gasteiger partial charge in [0.05, 0.1) is 0 Å². The van der Waals surface area contributed by atoms with E-state index in [0.29, 0.717) is 6.71 Å². The predicted octanol–water partition coefficient (Wildman–Crippen LogP) is 4.66. The van der Waals surface area contributed by atoms with Crippen LogP contribution in [0.1, 0.15) is 5.56 Å². The van der Waals surface area contributed by atoms with Crippen molar-refractivity contribution in [3.05, 3.63) is 66.1 Å². The van der Waals surface area contributed by atoms with Crippen LogP contribution in [0, 0.1) is 0 Å². The van der Waals surface area contributed by atoms with Crippen molar-refractivity contribution in [2.24, 2.45) is 0 Å². The Hall–Kier alpha value is -1.76. The van der Waals surface area contributed by atoms with E-state index >= 15 is 0 Å². The van der Waals surface area contributed by atoms with Gasteiger partial charge in [-0.15, -0.1) is 5.98 Å². The number of hydrogen-bond donors (Lipinski definition) is 0. The predicted molar refractivity (Wildman–Crippen MR) is 78.4 cm³/mol. The Kier molecular flexibility index (Phi) is 3.82. The zero-order valence-corrected chi connectivity index (χ0v) is 10.4. The molecule has 2 aromatic carbocycles. The molecule has 0 spiro atoms. The fourth-order valence-electron chi connectivity index (χ4n) is 1.72. The largest absolute Gasteiger partial charge is 0.160 e. The average molecular weight is 220 g/mol.